The van der Waals surface area contributed by atoms with Gasteiger partial charge in [0.1, 0.15) is 0 Å². The van der Waals surface area contributed by atoms with Crippen LogP contribution in [0.1, 0.15) is 40.0 Å². The van der Waals surface area contributed by atoms with E-state index in [9.17, 15) is 0 Å². The molecule has 0 aliphatic carbocycles. The molecule has 0 bridgehead atoms. The predicted molar refractivity (Wildman–Crippen MR) is 65.5 cm³/mol. The molecule has 0 aromatic carbocycles. The van der Waals surface area contributed by atoms with Crippen molar-refractivity contribution in [1.82, 2.24) is 5.32 Å². The zero-order valence-electron chi connectivity index (χ0n) is 10.1. The molecule has 0 rings (SSSR count). The highest BCUT2D eigenvalue weighted by Gasteiger charge is 1.90. The number of allylic oxidation sites excluding steroid dienone is 3. The van der Waals surface area contributed by atoms with Crippen LogP contribution in [0, 0.1) is 5.92 Å². The van der Waals surface area contributed by atoms with E-state index in [1.54, 1.807) is 0 Å². The highest BCUT2D eigenvalue weighted by atomic mass is 14.8. The molecule has 1 heteroatoms. The summed E-state index contributed by atoms with van der Waals surface area (Å²) < 4.78 is 0. The fourth-order valence-corrected chi connectivity index (χ4v) is 1.26. The van der Waals surface area contributed by atoms with Crippen molar-refractivity contribution in [2.75, 3.05) is 13.6 Å². The van der Waals surface area contributed by atoms with E-state index in [0.29, 0.717) is 0 Å². The first kappa shape index (κ1) is 13.4. The molecular weight excluding hydrogens is 170 g/mol. The third kappa shape index (κ3) is 8.06. The molecule has 0 aromatic heterocycles. The van der Waals surface area contributed by atoms with Gasteiger partial charge in [-0.25, -0.2) is 0 Å². The fraction of sp³-hybridized carbons (Fsp3) is 0.692. The Hall–Kier alpha value is -0.560. The molecular formula is C13H25N. The van der Waals surface area contributed by atoms with E-state index < -0.39 is 0 Å². The van der Waals surface area contributed by atoms with Crippen LogP contribution in [0.4, 0.5) is 0 Å². The molecule has 0 fully saturated rings. The Kier molecular flexibility index (Phi) is 8.65. The van der Waals surface area contributed by atoms with Crippen LogP contribution in [0.3, 0.4) is 0 Å². The summed E-state index contributed by atoms with van der Waals surface area (Å²) in [4.78, 5) is 0. The average molecular weight is 195 g/mol. The number of hydrogen-bond donors (Lipinski definition) is 1. The van der Waals surface area contributed by atoms with Crippen LogP contribution in [0.5, 0.6) is 0 Å². The molecule has 0 saturated heterocycles. The van der Waals surface area contributed by atoms with E-state index in [0.717, 1.165) is 18.9 Å². The zero-order chi connectivity index (χ0) is 10.8. The molecule has 0 spiro atoms. The van der Waals surface area contributed by atoms with Crippen molar-refractivity contribution in [2.45, 2.75) is 40.0 Å². The van der Waals surface area contributed by atoms with Gasteiger partial charge in [0.15, 0.2) is 0 Å². The van der Waals surface area contributed by atoms with Crippen molar-refractivity contribution in [2.24, 2.45) is 5.92 Å². The number of rotatable bonds is 7. The Labute approximate surface area is 89.3 Å². The molecule has 0 unspecified atom stereocenters. The molecule has 0 aliphatic heterocycles. The largest absolute Gasteiger partial charge is 0.316 e. The molecule has 82 valence electrons. The topological polar surface area (TPSA) is 12.0 Å². The van der Waals surface area contributed by atoms with Gasteiger partial charge < -0.3 is 5.32 Å². The molecule has 1 N–H and O–H groups in total. The summed E-state index contributed by atoms with van der Waals surface area (Å²) in [7, 11) is 1.99. The summed E-state index contributed by atoms with van der Waals surface area (Å²) in [6.45, 7) is 7.74. The molecule has 0 aliphatic rings. The summed E-state index contributed by atoms with van der Waals surface area (Å²) in [6, 6.07) is 0. The first-order valence-corrected chi connectivity index (χ1v) is 5.69. The summed E-state index contributed by atoms with van der Waals surface area (Å²) in [5.41, 5.74) is 1.47. The van der Waals surface area contributed by atoms with Crippen LogP contribution in [0.2, 0.25) is 0 Å². The zero-order valence-corrected chi connectivity index (χ0v) is 10.1. The van der Waals surface area contributed by atoms with Crippen molar-refractivity contribution in [3.8, 4) is 0 Å². The van der Waals surface area contributed by atoms with Crippen LogP contribution < -0.4 is 5.32 Å². The van der Waals surface area contributed by atoms with Gasteiger partial charge in [-0.05, 0) is 32.2 Å². The first-order valence-electron chi connectivity index (χ1n) is 5.69. The van der Waals surface area contributed by atoms with Crippen molar-refractivity contribution >= 4 is 0 Å². The smallest absolute Gasteiger partial charge is 0.0164 e. The first-order chi connectivity index (χ1) is 6.70. The summed E-state index contributed by atoms with van der Waals surface area (Å²) >= 11 is 0. The van der Waals surface area contributed by atoms with Crippen molar-refractivity contribution < 1.29 is 0 Å². The van der Waals surface area contributed by atoms with Gasteiger partial charge in [0.05, 0.1) is 0 Å². The van der Waals surface area contributed by atoms with Crippen LogP contribution in [-0.2, 0) is 0 Å². The van der Waals surface area contributed by atoms with Gasteiger partial charge in [-0.1, -0.05) is 44.6 Å². The third-order valence-corrected chi connectivity index (χ3v) is 2.24. The normalized spacial score (nSPS) is 13.1. The maximum absolute atomic E-state index is 3.18. The molecule has 14 heavy (non-hydrogen) atoms. The van der Waals surface area contributed by atoms with Gasteiger partial charge in [-0.2, -0.15) is 0 Å². The van der Waals surface area contributed by atoms with Crippen molar-refractivity contribution in [3.63, 3.8) is 0 Å². The predicted octanol–water partition coefficient (Wildman–Crippen LogP) is 3.53. The van der Waals surface area contributed by atoms with E-state index in [4.69, 9.17) is 0 Å². The summed E-state index contributed by atoms with van der Waals surface area (Å²) in [5.74, 6) is 0.812. The van der Waals surface area contributed by atoms with E-state index in [2.05, 4.69) is 44.3 Å². The van der Waals surface area contributed by atoms with Gasteiger partial charge in [0, 0.05) is 6.54 Å². The second-order valence-electron chi connectivity index (χ2n) is 4.11. The van der Waals surface area contributed by atoms with Crippen LogP contribution in [0.15, 0.2) is 23.8 Å². The molecule has 0 radical (unpaired) electrons. The highest BCUT2D eigenvalue weighted by Crippen LogP contribution is 2.04. The van der Waals surface area contributed by atoms with E-state index in [-0.39, 0.29) is 0 Å². The Balaban J connectivity index is 3.74. The van der Waals surface area contributed by atoms with E-state index in [1.807, 2.05) is 7.05 Å². The minimum absolute atomic E-state index is 0.812. The Bertz CT molecular complexity index is 178. The van der Waals surface area contributed by atoms with Crippen LogP contribution in [0.25, 0.3) is 0 Å². The second-order valence-corrected chi connectivity index (χ2v) is 4.11. The molecule has 0 amide bonds. The van der Waals surface area contributed by atoms with Crippen LogP contribution >= 0.6 is 0 Å². The lowest BCUT2D eigenvalue weighted by molar-refractivity contribution is 0.594. The van der Waals surface area contributed by atoms with Gasteiger partial charge >= 0.3 is 0 Å². The minimum atomic E-state index is 0.812. The van der Waals surface area contributed by atoms with E-state index >= 15 is 0 Å². The number of likely N-dealkylation sites (N-methyl/N-ethyl adjacent to an activating group) is 1. The summed E-state index contributed by atoms with van der Waals surface area (Å²) in [5, 5.41) is 3.18. The molecule has 0 atom stereocenters. The van der Waals surface area contributed by atoms with E-state index in [1.165, 1.54) is 18.4 Å². The number of nitrogens with one attached hydrogen (secondary N) is 1. The molecule has 0 saturated carbocycles. The van der Waals surface area contributed by atoms with Gasteiger partial charge in [0.25, 0.3) is 0 Å². The second kappa shape index (κ2) is 9.01. The monoisotopic (exact) mass is 195 g/mol. The van der Waals surface area contributed by atoms with Crippen molar-refractivity contribution in [1.29, 1.82) is 0 Å². The minimum Gasteiger partial charge on any atom is -0.316 e. The maximum atomic E-state index is 3.18. The lowest BCUT2D eigenvalue weighted by atomic mass is 10.1. The average Bonchev–Trinajstić information content (AvgIpc) is 2.15. The lowest BCUT2D eigenvalue weighted by Gasteiger charge is -2.01. The SMILES string of the molecule is CC/C(=C\C=C/CCC(C)C)CNC. The van der Waals surface area contributed by atoms with Crippen LogP contribution in [-0.4, -0.2) is 13.6 Å². The summed E-state index contributed by atoms with van der Waals surface area (Å²) in [6.07, 6.45) is 10.3. The molecule has 0 aromatic rings. The maximum Gasteiger partial charge on any atom is 0.0164 e. The Morgan fingerprint density at radius 1 is 1.36 bits per heavy atom. The third-order valence-electron chi connectivity index (χ3n) is 2.24. The molecule has 1 nitrogen and oxygen atoms in total. The van der Waals surface area contributed by atoms with Gasteiger partial charge in [0.2, 0.25) is 0 Å². The Morgan fingerprint density at radius 3 is 2.57 bits per heavy atom. The van der Waals surface area contributed by atoms with Crippen molar-refractivity contribution in [3.05, 3.63) is 23.8 Å². The number of hydrogen-bond acceptors (Lipinski definition) is 1. The standard InChI is InChI=1S/C13H25N/c1-5-13(11-14-4)10-8-6-7-9-12(2)3/h6,8,10,12,14H,5,7,9,11H2,1-4H3/b8-6-,13-10+. The highest BCUT2D eigenvalue weighted by molar-refractivity contribution is 5.13. The van der Waals surface area contributed by atoms with Gasteiger partial charge in [-0.3, -0.25) is 0 Å². The lowest BCUT2D eigenvalue weighted by Crippen LogP contribution is -2.09. The quantitative estimate of drug-likeness (QED) is 0.613. The molecule has 0 heterocycles. The van der Waals surface area contributed by atoms with Gasteiger partial charge in [-0.15, -0.1) is 0 Å². The fourth-order valence-electron chi connectivity index (χ4n) is 1.26. The Morgan fingerprint density at radius 2 is 2.07 bits per heavy atom.